The van der Waals surface area contributed by atoms with Crippen molar-refractivity contribution in [2.45, 2.75) is 83.3 Å². The van der Waals surface area contributed by atoms with Crippen LogP contribution in [0.25, 0.3) is 0 Å². The molecule has 3 unspecified atom stereocenters. The largest absolute Gasteiger partial charge is 0.351 e. The van der Waals surface area contributed by atoms with Crippen LogP contribution in [0.15, 0.2) is 19.0 Å². The van der Waals surface area contributed by atoms with Crippen molar-refractivity contribution in [1.29, 1.82) is 0 Å². The van der Waals surface area contributed by atoms with Gasteiger partial charge in [0.25, 0.3) is 0 Å². The third-order valence-corrected chi connectivity index (χ3v) is 5.70. The quantitative estimate of drug-likeness (QED) is 0.484. The van der Waals surface area contributed by atoms with Gasteiger partial charge in [-0.3, -0.25) is 4.90 Å². The van der Waals surface area contributed by atoms with Crippen molar-refractivity contribution < 1.29 is 0 Å². The maximum Gasteiger partial charge on any atom is 0.227 e. The van der Waals surface area contributed by atoms with Gasteiger partial charge in [0.15, 0.2) is 0 Å². The van der Waals surface area contributed by atoms with Gasteiger partial charge in [-0.15, -0.1) is 6.58 Å². The van der Waals surface area contributed by atoms with E-state index in [0.29, 0.717) is 30.5 Å². The fourth-order valence-electron chi connectivity index (χ4n) is 3.98. The van der Waals surface area contributed by atoms with Crippen LogP contribution in [0.5, 0.6) is 0 Å². The molecule has 2 N–H and O–H groups in total. The first-order valence-corrected chi connectivity index (χ1v) is 10.0. The van der Waals surface area contributed by atoms with Crippen LogP contribution in [0.3, 0.4) is 0 Å². The number of aromatic nitrogens is 3. The summed E-state index contributed by atoms with van der Waals surface area (Å²) in [5.41, 5.74) is 0.222. The average Bonchev–Trinajstić information content (AvgIpc) is 2.62. The molecule has 1 aromatic rings. The highest BCUT2D eigenvalue weighted by Crippen LogP contribution is 2.35. The van der Waals surface area contributed by atoms with Gasteiger partial charge in [-0.25, -0.2) is 9.97 Å². The molecule has 0 saturated carbocycles. The Morgan fingerprint density at radius 3 is 2.81 bits per heavy atom. The molecule has 26 heavy (non-hydrogen) atoms. The van der Waals surface area contributed by atoms with Crippen molar-refractivity contribution in [2.24, 2.45) is 0 Å². The maximum absolute atomic E-state index is 4.48. The number of piperidine rings is 1. The lowest BCUT2D eigenvalue weighted by atomic mass is 9.79. The van der Waals surface area contributed by atoms with E-state index >= 15 is 0 Å². The molecule has 6 nitrogen and oxygen atoms in total. The van der Waals surface area contributed by atoms with Gasteiger partial charge in [-0.1, -0.05) is 38.7 Å². The second-order valence-corrected chi connectivity index (χ2v) is 7.85. The molecule has 0 aromatic carbocycles. The Hall–Kier alpha value is -1.69. The molecule has 2 rings (SSSR count). The third kappa shape index (κ3) is 5.66. The predicted octanol–water partition coefficient (Wildman–Crippen LogP) is 4.09. The second kappa shape index (κ2) is 9.86. The number of nitrogens with zero attached hydrogens (tertiary/aromatic N) is 4. The topological polar surface area (TPSA) is 66.0 Å². The molecule has 6 heteroatoms. The molecule has 1 aliphatic heterocycles. The molecule has 3 atom stereocenters. The minimum atomic E-state index is 0.222. The van der Waals surface area contributed by atoms with Gasteiger partial charge < -0.3 is 10.6 Å². The Bertz CT molecular complexity index is 563. The van der Waals surface area contributed by atoms with Gasteiger partial charge >= 0.3 is 0 Å². The SMILES string of the molecule is C=CCNc1ncnc(NC2CC(C)N(C)C(C)(CCCCCC)C2)n1. The standard InChI is InChI=1S/C20H36N6/c1-6-8-9-10-11-20(4)14-17(13-16(3)26(20)5)24-19-23-15-22-18(25-19)21-12-7-2/h7,15-17H,2,6,8-14H2,1,3-5H3,(H2,21,22,23,24,25). The molecule has 1 aliphatic rings. The number of rotatable bonds is 10. The van der Waals surface area contributed by atoms with Crippen LogP contribution in [0.1, 0.15) is 65.7 Å². The molecular weight excluding hydrogens is 324 g/mol. The van der Waals surface area contributed by atoms with E-state index in [4.69, 9.17) is 0 Å². The van der Waals surface area contributed by atoms with Crippen LogP contribution in [-0.2, 0) is 0 Å². The summed E-state index contributed by atoms with van der Waals surface area (Å²) in [5.74, 6) is 1.24. The van der Waals surface area contributed by atoms with Crippen molar-refractivity contribution in [3.63, 3.8) is 0 Å². The zero-order valence-electron chi connectivity index (χ0n) is 17.0. The summed E-state index contributed by atoms with van der Waals surface area (Å²) >= 11 is 0. The molecule has 1 fully saturated rings. The van der Waals surface area contributed by atoms with Gasteiger partial charge in [0.2, 0.25) is 11.9 Å². The molecule has 146 valence electrons. The molecule has 1 aromatic heterocycles. The van der Waals surface area contributed by atoms with Crippen LogP contribution < -0.4 is 10.6 Å². The maximum atomic E-state index is 4.48. The van der Waals surface area contributed by atoms with E-state index in [1.165, 1.54) is 32.1 Å². The first-order valence-electron chi connectivity index (χ1n) is 10.0. The zero-order chi connectivity index (χ0) is 19.0. The minimum Gasteiger partial charge on any atom is -0.351 e. The fraction of sp³-hybridized carbons (Fsp3) is 0.750. The molecule has 1 saturated heterocycles. The van der Waals surface area contributed by atoms with Crippen LogP contribution >= 0.6 is 0 Å². The second-order valence-electron chi connectivity index (χ2n) is 7.85. The van der Waals surface area contributed by atoms with E-state index in [1.807, 2.05) is 0 Å². The van der Waals surface area contributed by atoms with Crippen molar-refractivity contribution in [3.8, 4) is 0 Å². The number of likely N-dealkylation sites (tertiary alicyclic amines) is 1. The number of hydrogen-bond donors (Lipinski definition) is 2. The van der Waals surface area contributed by atoms with E-state index in [1.54, 1.807) is 12.4 Å². The summed E-state index contributed by atoms with van der Waals surface area (Å²) in [7, 11) is 2.28. The van der Waals surface area contributed by atoms with Crippen molar-refractivity contribution in [2.75, 3.05) is 24.2 Å². The fourth-order valence-corrected chi connectivity index (χ4v) is 3.98. The zero-order valence-corrected chi connectivity index (χ0v) is 17.0. The summed E-state index contributed by atoms with van der Waals surface area (Å²) in [6, 6.07) is 0.921. The number of hydrogen-bond acceptors (Lipinski definition) is 6. The van der Waals surface area contributed by atoms with E-state index in [2.05, 4.69) is 64.9 Å². The van der Waals surface area contributed by atoms with Crippen LogP contribution in [-0.4, -0.2) is 51.1 Å². The summed E-state index contributed by atoms with van der Waals surface area (Å²) in [5, 5.41) is 6.67. The highest BCUT2D eigenvalue weighted by molar-refractivity contribution is 5.34. The molecule has 0 spiro atoms. The van der Waals surface area contributed by atoms with Crippen molar-refractivity contribution in [1.82, 2.24) is 19.9 Å². The Labute approximate surface area is 158 Å². The lowest BCUT2D eigenvalue weighted by molar-refractivity contribution is 0.0301. The summed E-state index contributed by atoms with van der Waals surface area (Å²) < 4.78 is 0. The Morgan fingerprint density at radius 1 is 1.31 bits per heavy atom. The first kappa shape index (κ1) is 20.6. The van der Waals surface area contributed by atoms with E-state index < -0.39 is 0 Å². The van der Waals surface area contributed by atoms with E-state index in [-0.39, 0.29) is 5.54 Å². The molecule has 0 amide bonds. The summed E-state index contributed by atoms with van der Waals surface area (Å²) in [6.07, 6.45) is 12.1. The molecule has 2 heterocycles. The number of anilines is 2. The normalized spacial score (nSPS) is 26.5. The smallest absolute Gasteiger partial charge is 0.227 e. The van der Waals surface area contributed by atoms with Crippen molar-refractivity contribution in [3.05, 3.63) is 19.0 Å². The van der Waals surface area contributed by atoms with Crippen LogP contribution in [0.4, 0.5) is 11.9 Å². The first-order chi connectivity index (χ1) is 12.5. The lowest BCUT2D eigenvalue weighted by Crippen LogP contribution is -2.56. The van der Waals surface area contributed by atoms with Gasteiger partial charge in [0.1, 0.15) is 6.33 Å². The Kier molecular flexibility index (Phi) is 7.82. The van der Waals surface area contributed by atoms with Gasteiger partial charge in [-0.2, -0.15) is 4.98 Å². The Balaban J connectivity index is 1.99. The van der Waals surface area contributed by atoms with E-state index in [0.717, 1.165) is 12.8 Å². The summed E-state index contributed by atoms with van der Waals surface area (Å²) in [4.78, 5) is 15.5. The average molecular weight is 361 g/mol. The summed E-state index contributed by atoms with van der Waals surface area (Å²) in [6.45, 7) is 11.3. The van der Waals surface area contributed by atoms with Gasteiger partial charge in [0, 0.05) is 24.2 Å². The van der Waals surface area contributed by atoms with E-state index in [9.17, 15) is 0 Å². The van der Waals surface area contributed by atoms with Gasteiger partial charge in [0.05, 0.1) is 0 Å². The number of nitrogens with one attached hydrogen (secondary N) is 2. The van der Waals surface area contributed by atoms with Gasteiger partial charge in [-0.05, 0) is 40.2 Å². The molecule has 0 radical (unpaired) electrons. The predicted molar refractivity (Wildman–Crippen MR) is 110 cm³/mol. The molecular formula is C20H36N6. The number of unbranched alkanes of at least 4 members (excludes halogenated alkanes) is 3. The Morgan fingerprint density at radius 2 is 2.08 bits per heavy atom. The van der Waals surface area contributed by atoms with Crippen molar-refractivity contribution >= 4 is 11.9 Å². The monoisotopic (exact) mass is 360 g/mol. The minimum absolute atomic E-state index is 0.222. The van der Waals surface area contributed by atoms with Crippen LogP contribution in [0, 0.1) is 0 Å². The molecule has 0 bridgehead atoms. The molecule has 0 aliphatic carbocycles. The highest BCUT2D eigenvalue weighted by atomic mass is 15.2. The van der Waals surface area contributed by atoms with Crippen LogP contribution in [0.2, 0.25) is 0 Å². The highest BCUT2D eigenvalue weighted by Gasteiger charge is 2.39. The lowest BCUT2D eigenvalue weighted by Gasteiger charge is -2.50. The third-order valence-electron chi connectivity index (χ3n) is 5.70.